The highest BCUT2D eigenvalue weighted by Gasteiger charge is 2.26. The Labute approximate surface area is 231 Å². The summed E-state index contributed by atoms with van der Waals surface area (Å²) in [6, 6.07) is 6.68. The van der Waals surface area contributed by atoms with Gasteiger partial charge in [-0.2, -0.15) is 0 Å². The number of hydrogen-bond donors (Lipinski definition) is 2. The summed E-state index contributed by atoms with van der Waals surface area (Å²) in [5.41, 5.74) is 1.50. The summed E-state index contributed by atoms with van der Waals surface area (Å²) in [6.45, 7) is 1.85. The molecular weight excluding hydrogens is 556 g/mol. The van der Waals surface area contributed by atoms with Gasteiger partial charge in [-0.05, 0) is 62.4 Å². The Kier molecular flexibility index (Phi) is 9.78. The predicted octanol–water partition coefficient (Wildman–Crippen LogP) is 5.45. The molecule has 0 fully saturated rings. The van der Waals surface area contributed by atoms with Crippen molar-refractivity contribution in [2.75, 3.05) is 29.6 Å². The van der Waals surface area contributed by atoms with Crippen molar-refractivity contribution in [3.05, 3.63) is 45.3 Å². The number of amides is 2. The number of carbonyl (C=O) groups excluding carboxylic acids is 3. The maximum absolute atomic E-state index is 12.7. The largest absolute Gasteiger partial charge is 0.484 e. The van der Waals surface area contributed by atoms with Crippen LogP contribution in [0.25, 0.3) is 0 Å². The third-order valence-electron chi connectivity index (χ3n) is 5.32. The van der Waals surface area contributed by atoms with E-state index in [4.69, 9.17) is 21.1 Å². The third kappa shape index (κ3) is 7.67. The topological polar surface area (TPSA) is 120 Å². The first-order chi connectivity index (χ1) is 17.9. The lowest BCUT2D eigenvalue weighted by atomic mass is 10.1. The number of esters is 1. The molecule has 9 nitrogen and oxygen atoms in total. The highest BCUT2D eigenvalue weighted by atomic mass is 35.5. The molecule has 2 amide bonds. The van der Waals surface area contributed by atoms with Crippen LogP contribution in [0.5, 0.6) is 5.75 Å². The van der Waals surface area contributed by atoms with E-state index in [9.17, 15) is 14.4 Å². The van der Waals surface area contributed by atoms with Crippen LogP contribution in [-0.4, -0.2) is 46.9 Å². The van der Waals surface area contributed by atoms with Crippen molar-refractivity contribution in [1.82, 2.24) is 10.2 Å². The molecule has 1 aliphatic rings. The van der Waals surface area contributed by atoms with Gasteiger partial charge in [0.25, 0.3) is 5.91 Å². The fourth-order valence-corrected chi connectivity index (χ4v) is 6.68. The van der Waals surface area contributed by atoms with Gasteiger partial charge in [0.1, 0.15) is 10.8 Å². The highest BCUT2D eigenvalue weighted by molar-refractivity contribution is 8.01. The van der Waals surface area contributed by atoms with E-state index in [1.54, 1.807) is 31.2 Å². The molecule has 4 rings (SSSR count). The standard InChI is InChI=1S/C24H25ClN4O5S3/c1-2-33-22(32)20-16-6-4-3-5-7-17(16)36-21(20)26-19(31)13-35-24-29-28-23(37-24)27-18(30)12-34-15-10-8-14(25)9-11-15/h8-11H,2-7,12-13H2,1H3,(H,26,31)(H,27,28,30). The van der Waals surface area contributed by atoms with Crippen molar-refractivity contribution >= 4 is 74.0 Å². The number of anilines is 2. The number of carbonyl (C=O) groups is 3. The van der Waals surface area contributed by atoms with Crippen LogP contribution in [0.4, 0.5) is 10.1 Å². The van der Waals surface area contributed by atoms with Crippen molar-refractivity contribution in [2.24, 2.45) is 0 Å². The van der Waals surface area contributed by atoms with E-state index >= 15 is 0 Å². The van der Waals surface area contributed by atoms with Crippen molar-refractivity contribution in [1.29, 1.82) is 0 Å². The number of rotatable bonds is 10. The van der Waals surface area contributed by atoms with Crippen molar-refractivity contribution < 1.29 is 23.9 Å². The van der Waals surface area contributed by atoms with Crippen LogP contribution < -0.4 is 15.4 Å². The Morgan fingerprint density at radius 2 is 1.81 bits per heavy atom. The first kappa shape index (κ1) is 27.4. The number of hydrogen-bond acceptors (Lipinski definition) is 10. The van der Waals surface area contributed by atoms with Gasteiger partial charge in [0.2, 0.25) is 11.0 Å². The Morgan fingerprint density at radius 3 is 2.59 bits per heavy atom. The number of aromatic nitrogens is 2. The number of halogens is 1. The van der Waals surface area contributed by atoms with Gasteiger partial charge in [0.05, 0.1) is 17.9 Å². The zero-order chi connectivity index (χ0) is 26.2. The number of benzene rings is 1. The maximum atomic E-state index is 12.7. The first-order valence-electron chi connectivity index (χ1n) is 11.7. The molecule has 0 aliphatic heterocycles. The van der Waals surface area contributed by atoms with E-state index in [1.165, 1.54) is 23.1 Å². The summed E-state index contributed by atoms with van der Waals surface area (Å²) in [7, 11) is 0. The molecule has 0 spiro atoms. The Hall–Kier alpha value is -2.67. The van der Waals surface area contributed by atoms with Crippen LogP contribution in [0.2, 0.25) is 5.02 Å². The number of nitrogens with zero attached hydrogens (tertiary/aromatic N) is 2. The van der Waals surface area contributed by atoms with Gasteiger partial charge in [-0.15, -0.1) is 21.5 Å². The molecule has 2 heterocycles. The van der Waals surface area contributed by atoms with Gasteiger partial charge >= 0.3 is 5.97 Å². The number of aryl methyl sites for hydroxylation is 1. The minimum atomic E-state index is -0.394. The van der Waals surface area contributed by atoms with Crippen molar-refractivity contribution in [3.8, 4) is 5.75 Å². The molecular formula is C24H25ClN4O5S3. The molecule has 0 atom stereocenters. The Balaban J connectivity index is 1.29. The quantitative estimate of drug-likeness (QED) is 0.141. The smallest absolute Gasteiger partial charge is 0.341 e. The van der Waals surface area contributed by atoms with Crippen LogP contribution in [0.1, 0.15) is 47.0 Å². The van der Waals surface area contributed by atoms with E-state index in [1.807, 2.05) is 0 Å². The lowest BCUT2D eigenvalue weighted by molar-refractivity contribution is -0.118. The van der Waals surface area contributed by atoms with E-state index in [0.717, 1.165) is 53.9 Å². The van der Waals surface area contributed by atoms with Crippen molar-refractivity contribution in [3.63, 3.8) is 0 Å². The average molecular weight is 581 g/mol. The lowest BCUT2D eigenvalue weighted by Gasteiger charge is -2.08. The van der Waals surface area contributed by atoms with Crippen molar-refractivity contribution in [2.45, 2.75) is 43.4 Å². The molecule has 0 unspecified atom stereocenters. The molecule has 1 aliphatic carbocycles. The van der Waals surface area contributed by atoms with Gasteiger partial charge in [0.15, 0.2) is 10.9 Å². The fraction of sp³-hybridized carbons (Fsp3) is 0.375. The zero-order valence-electron chi connectivity index (χ0n) is 20.0. The molecule has 2 N–H and O–H groups in total. The second-order valence-electron chi connectivity index (χ2n) is 7.99. The van der Waals surface area contributed by atoms with Gasteiger partial charge in [-0.25, -0.2) is 4.79 Å². The molecule has 3 aromatic rings. The number of nitrogens with one attached hydrogen (secondary N) is 2. The van der Waals surface area contributed by atoms with Crippen LogP contribution >= 0.6 is 46.0 Å². The van der Waals surface area contributed by atoms with E-state index in [-0.39, 0.29) is 30.8 Å². The summed E-state index contributed by atoms with van der Waals surface area (Å²) < 4.78 is 11.2. The van der Waals surface area contributed by atoms with Crippen LogP contribution in [0.15, 0.2) is 28.6 Å². The van der Waals surface area contributed by atoms with E-state index < -0.39 is 5.97 Å². The highest BCUT2D eigenvalue weighted by Crippen LogP contribution is 2.38. The molecule has 13 heteroatoms. The molecule has 0 saturated carbocycles. The summed E-state index contributed by atoms with van der Waals surface area (Å²) >= 11 is 9.65. The molecule has 2 aromatic heterocycles. The number of thioether (sulfide) groups is 1. The van der Waals surface area contributed by atoms with Crippen LogP contribution in [0.3, 0.4) is 0 Å². The molecule has 0 bridgehead atoms. The minimum absolute atomic E-state index is 0.0765. The van der Waals surface area contributed by atoms with Crippen LogP contribution in [0, 0.1) is 0 Å². The maximum Gasteiger partial charge on any atom is 0.341 e. The molecule has 0 radical (unpaired) electrons. The summed E-state index contributed by atoms with van der Waals surface area (Å²) in [5.74, 6) is -0.442. The second-order valence-corrected chi connectivity index (χ2v) is 11.7. The monoisotopic (exact) mass is 580 g/mol. The average Bonchev–Trinajstić information content (AvgIpc) is 3.38. The normalized spacial score (nSPS) is 12.8. The minimum Gasteiger partial charge on any atom is -0.484 e. The fourth-order valence-electron chi connectivity index (χ4n) is 3.69. The van der Waals surface area contributed by atoms with Gasteiger partial charge < -0.3 is 14.8 Å². The number of thiophene rings is 1. The Bertz CT molecular complexity index is 1260. The third-order valence-corrected chi connectivity index (χ3v) is 8.75. The Morgan fingerprint density at radius 1 is 1.03 bits per heavy atom. The van der Waals surface area contributed by atoms with Gasteiger partial charge in [0, 0.05) is 9.90 Å². The second kappa shape index (κ2) is 13.2. The predicted molar refractivity (Wildman–Crippen MR) is 146 cm³/mol. The number of fused-ring (bicyclic) bond motifs is 1. The first-order valence-corrected chi connectivity index (χ1v) is 14.7. The van der Waals surface area contributed by atoms with E-state index in [0.29, 0.717) is 30.8 Å². The van der Waals surface area contributed by atoms with E-state index in [2.05, 4.69) is 20.8 Å². The number of ether oxygens (including phenoxy) is 2. The molecule has 0 saturated heterocycles. The molecule has 1 aromatic carbocycles. The molecule has 37 heavy (non-hydrogen) atoms. The molecule has 196 valence electrons. The summed E-state index contributed by atoms with van der Waals surface area (Å²) in [4.78, 5) is 38.7. The summed E-state index contributed by atoms with van der Waals surface area (Å²) in [5, 5.41) is 14.9. The summed E-state index contributed by atoms with van der Waals surface area (Å²) in [6.07, 6.45) is 4.93. The van der Waals surface area contributed by atoms with Gasteiger partial charge in [-0.3, -0.25) is 14.9 Å². The lowest BCUT2D eigenvalue weighted by Crippen LogP contribution is -2.20. The van der Waals surface area contributed by atoms with Crippen LogP contribution in [-0.2, 0) is 27.2 Å². The SMILES string of the molecule is CCOC(=O)c1c(NC(=O)CSc2nnc(NC(=O)COc3ccc(Cl)cc3)s2)sc2c1CCCCC2. The zero-order valence-corrected chi connectivity index (χ0v) is 23.2. The van der Waals surface area contributed by atoms with Gasteiger partial charge in [-0.1, -0.05) is 41.1 Å².